The Morgan fingerprint density at radius 3 is 2.67 bits per heavy atom. The van der Waals surface area contributed by atoms with Gasteiger partial charge >= 0.3 is 5.97 Å². The largest absolute Gasteiger partial charge is 0.463 e. The summed E-state index contributed by atoms with van der Waals surface area (Å²) in [5.74, 6) is -2.41. The highest BCUT2D eigenvalue weighted by Gasteiger charge is 2.67. The number of rotatable bonds is 4. The lowest BCUT2D eigenvalue weighted by Crippen LogP contribution is -2.52. The molecule has 0 aromatic rings. The molecule has 2 saturated heterocycles. The molecule has 2 heterocycles. The van der Waals surface area contributed by atoms with E-state index in [1.807, 2.05) is 0 Å². The van der Waals surface area contributed by atoms with Crippen LogP contribution in [0.2, 0.25) is 0 Å². The molecule has 0 radical (unpaired) electrons. The van der Waals surface area contributed by atoms with Crippen molar-refractivity contribution >= 4 is 11.9 Å². The van der Waals surface area contributed by atoms with Crippen LogP contribution in [0.15, 0.2) is 0 Å². The molecule has 120 valence electrons. The van der Waals surface area contributed by atoms with Crippen molar-refractivity contribution in [3.05, 3.63) is 0 Å². The number of ether oxygens (including phenoxy) is 3. The number of esters is 1. The number of amides is 1. The Balaban J connectivity index is 2.45. The van der Waals surface area contributed by atoms with Gasteiger partial charge in [0.05, 0.1) is 6.61 Å². The number of hydrogen-bond donors (Lipinski definition) is 0. The Hall–Kier alpha value is -1.14. The lowest BCUT2D eigenvalue weighted by atomic mass is 9.89. The summed E-state index contributed by atoms with van der Waals surface area (Å²) in [6.45, 7) is 6.06. The summed E-state index contributed by atoms with van der Waals surface area (Å²) < 4.78 is 16.7. The number of hydrogen-bond acceptors (Lipinski definition) is 5. The second kappa shape index (κ2) is 5.93. The van der Waals surface area contributed by atoms with E-state index in [0.717, 1.165) is 19.3 Å². The zero-order chi connectivity index (χ0) is 15.7. The van der Waals surface area contributed by atoms with Gasteiger partial charge in [-0.3, -0.25) is 9.69 Å². The second-order valence-electron chi connectivity index (χ2n) is 5.90. The van der Waals surface area contributed by atoms with Crippen molar-refractivity contribution in [2.45, 2.75) is 58.0 Å². The van der Waals surface area contributed by atoms with Crippen molar-refractivity contribution in [2.75, 3.05) is 20.3 Å². The Labute approximate surface area is 125 Å². The molecule has 0 spiro atoms. The topological polar surface area (TPSA) is 65.1 Å². The highest BCUT2D eigenvalue weighted by atomic mass is 16.8. The molecule has 21 heavy (non-hydrogen) atoms. The predicted octanol–water partition coefficient (Wildman–Crippen LogP) is 1.68. The molecule has 2 fully saturated rings. The van der Waals surface area contributed by atoms with Crippen LogP contribution in [0.1, 0.15) is 46.5 Å². The fourth-order valence-corrected chi connectivity index (χ4v) is 3.18. The molecule has 2 rings (SSSR count). The number of nitrogens with zero attached hydrogens (tertiary/aromatic N) is 1. The minimum atomic E-state index is -1.59. The number of carbonyl (C=O) groups is 2. The molecule has 6 heteroatoms. The SMILES string of the molecule is CCOC(=O)C1(C(C)C)OC2(OC)CCCCCN2C1=O. The maximum absolute atomic E-state index is 13.0. The molecule has 2 aliphatic heterocycles. The van der Waals surface area contributed by atoms with Crippen molar-refractivity contribution in [3.8, 4) is 0 Å². The van der Waals surface area contributed by atoms with Crippen molar-refractivity contribution in [2.24, 2.45) is 5.92 Å². The van der Waals surface area contributed by atoms with E-state index < -0.39 is 17.5 Å². The maximum atomic E-state index is 13.0. The van der Waals surface area contributed by atoms with Crippen LogP contribution in [-0.2, 0) is 23.8 Å². The van der Waals surface area contributed by atoms with E-state index in [2.05, 4.69) is 0 Å². The van der Waals surface area contributed by atoms with Gasteiger partial charge in [-0.25, -0.2) is 4.79 Å². The zero-order valence-corrected chi connectivity index (χ0v) is 13.3. The lowest BCUT2D eigenvalue weighted by molar-refractivity contribution is -0.294. The first kappa shape index (κ1) is 16.2. The van der Waals surface area contributed by atoms with Crippen LogP contribution in [0.3, 0.4) is 0 Å². The van der Waals surface area contributed by atoms with Gasteiger partial charge in [-0.15, -0.1) is 0 Å². The van der Waals surface area contributed by atoms with Crippen molar-refractivity contribution < 1.29 is 23.8 Å². The minimum Gasteiger partial charge on any atom is -0.463 e. The van der Waals surface area contributed by atoms with Gasteiger partial charge in [0.2, 0.25) is 5.60 Å². The standard InChI is InChI=1S/C15H25NO5/c1-5-20-13(18)15(11(2)3)12(17)16-10-8-6-7-9-14(16,19-4)21-15/h11H,5-10H2,1-4H3. The first-order chi connectivity index (χ1) is 9.94. The molecule has 0 N–H and O–H groups in total. The Bertz CT molecular complexity index is 424. The molecule has 0 aliphatic carbocycles. The van der Waals surface area contributed by atoms with Gasteiger partial charge in [0, 0.05) is 26.0 Å². The molecule has 0 saturated carbocycles. The third kappa shape index (κ3) is 2.34. The van der Waals surface area contributed by atoms with Crippen LogP contribution in [0.5, 0.6) is 0 Å². The van der Waals surface area contributed by atoms with Crippen LogP contribution < -0.4 is 0 Å². The Kier molecular flexibility index (Phi) is 4.58. The van der Waals surface area contributed by atoms with Crippen LogP contribution in [0.4, 0.5) is 0 Å². The summed E-state index contributed by atoms with van der Waals surface area (Å²) in [6.07, 6.45) is 3.38. The molecule has 6 nitrogen and oxygen atoms in total. The van der Waals surface area contributed by atoms with E-state index in [1.54, 1.807) is 25.7 Å². The van der Waals surface area contributed by atoms with E-state index in [9.17, 15) is 9.59 Å². The fourth-order valence-electron chi connectivity index (χ4n) is 3.18. The normalized spacial score (nSPS) is 33.0. The average molecular weight is 299 g/mol. The smallest absolute Gasteiger partial charge is 0.348 e. The molecular weight excluding hydrogens is 274 g/mol. The molecule has 1 amide bonds. The molecule has 2 aliphatic rings. The minimum absolute atomic E-state index is 0.212. The van der Waals surface area contributed by atoms with E-state index >= 15 is 0 Å². The lowest BCUT2D eigenvalue weighted by Gasteiger charge is -2.34. The summed E-state index contributed by atoms with van der Waals surface area (Å²) in [4.78, 5) is 27.0. The fraction of sp³-hybridized carbons (Fsp3) is 0.867. The Morgan fingerprint density at radius 1 is 1.38 bits per heavy atom. The van der Waals surface area contributed by atoms with E-state index in [4.69, 9.17) is 14.2 Å². The number of carbonyl (C=O) groups excluding carboxylic acids is 2. The second-order valence-corrected chi connectivity index (χ2v) is 5.90. The monoisotopic (exact) mass is 299 g/mol. The molecule has 0 aromatic carbocycles. The highest BCUT2D eigenvalue weighted by molar-refractivity contribution is 6.08. The molecule has 0 aromatic heterocycles. The zero-order valence-electron chi connectivity index (χ0n) is 13.3. The van der Waals surface area contributed by atoms with Gasteiger partial charge in [-0.2, -0.15) is 0 Å². The third-order valence-corrected chi connectivity index (χ3v) is 4.38. The first-order valence-electron chi connectivity index (χ1n) is 7.69. The van der Waals surface area contributed by atoms with Crippen LogP contribution >= 0.6 is 0 Å². The van der Waals surface area contributed by atoms with Gasteiger partial charge in [0.25, 0.3) is 11.8 Å². The summed E-state index contributed by atoms with van der Waals surface area (Å²) in [5.41, 5.74) is -1.59. The summed E-state index contributed by atoms with van der Waals surface area (Å²) in [6, 6.07) is 0. The van der Waals surface area contributed by atoms with Gasteiger partial charge < -0.3 is 14.2 Å². The summed E-state index contributed by atoms with van der Waals surface area (Å²) in [5, 5.41) is 0. The van der Waals surface area contributed by atoms with Crippen LogP contribution in [-0.4, -0.2) is 48.5 Å². The van der Waals surface area contributed by atoms with Crippen LogP contribution in [0, 0.1) is 5.92 Å². The number of fused-ring (bicyclic) bond motifs is 1. The van der Waals surface area contributed by atoms with E-state index in [0.29, 0.717) is 13.0 Å². The Morgan fingerprint density at radius 2 is 2.10 bits per heavy atom. The summed E-state index contributed by atoms with van der Waals surface area (Å²) in [7, 11) is 1.52. The van der Waals surface area contributed by atoms with Gasteiger partial charge in [-0.05, 0) is 19.8 Å². The van der Waals surface area contributed by atoms with Gasteiger partial charge in [0.15, 0.2) is 0 Å². The van der Waals surface area contributed by atoms with E-state index in [-0.39, 0.29) is 18.4 Å². The van der Waals surface area contributed by atoms with Crippen molar-refractivity contribution in [3.63, 3.8) is 0 Å². The number of methoxy groups -OCH3 is 1. The molecule has 2 unspecified atom stereocenters. The van der Waals surface area contributed by atoms with Crippen LogP contribution in [0.25, 0.3) is 0 Å². The average Bonchev–Trinajstić information content (AvgIpc) is 2.60. The predicted molar refractivity (Wildman–Crippen MR) is 75.2 cm³/mol. The quantitative estimate of drug-likeness (QED) is 0.583. The van der Waals surface area contributed by atoms with Crippen molar-refractivity contribution in [1.82, 2.24) is 4.90 Å². The molecule has 2 atom stereocenters. The maximum Gasteiger partial charge on any atom is 0.348 e. The van der Waals surface area contributed by atoms with Gasteiger partial charge in [0.1, 0.15) is 0 Å². The van der Waals surface area contributed by atoms with Gasteiger partial charge in [-0.1, -0.05) is 20.3 Å². The van der Waals surface area contributed by atoms with Crippen molar-refractivity contribution in [1.29, 1.82) is 0 Å². The third-order valence-electron chi connectivity index (χ3n) is 4.38. The summed E-state index contributed by atoms with van der Waals surface area (Å²) >= 11 is 0. The molecular formula is C15H25NO5. The molecule has 0 bridgehead atoms. The first-order valence-corrected chi connectivity index (χ1v) is 7.69. The van der Waals surface area contributed by atoms with E-state index in [1.165, 1.54) is 7.11 Å². The highest BCUT2D eigenvalue weighted by Crippen LogP contribution is 2.45.